The Labute approximate surface area is 112 Å². The van der Waals surface area contributed by atoms with Gasteiger partial charge in [0.1, 0.15) is 0 Å². The minimum atomic E-state index is 0.126. The van der Waals surface area contributed by atoms with Crippen LogP contribution in [0.4, 0.5) is 0 Å². The number of aryl methyl sites for hydroxylation is 1. The third-order valence-corrected chi connectivity index (χ3v) is 5.13. The number of fused-ring (bicyclic) bond motifs is 1. The van der Waals surface area contributed by atoms with Crippen molar-refractivity contribution in [3.8, 4) is 0 Å². The zero-order valence-corrected chi connectivity index (χ0v) is 11.6. The molecule has 1 unspecified atom stereocenters. The molecule has 2 aliphatic rings. The largest absolute Gasteiger partial charge is 0.337 e. The summed E-state index contributed by atoms with van der Waals surface area (Å²) < 4.78 is 0. The van der Waals surface area contributed by atoms with Gasteiger partial charge in [-0.3, -0.25) is 4.79 Å². The monoisotopic (exact) mass is 264 g/mol. The summed E-state index contributed by atoms with van der Waals surface area (Å²) in [7, 11) is 0. The van der Waals surface area contributed by atoms with Gasteiger partial charge in [-0.25, -0.2) is 0 Å². The fourth-order valence-electron chi connectivity index (χ4n) is 3.11. The van der Waals surface area contributed by atoms with E-state index in [1.165, 1.54) is 10.4 Å². The average molecular weight is 264 g/mol. The average Bonchev–Trinajstić information content (AvgIpc) is 2.86. The van der Waals surface area contributed by atoms with E-state index in [-0.39, 0.29) is 5.92 Å². The zero-order chi connectivity index (χ0) is 12.5. The zero-order valence-electron chi connectivity index (χ0n) is 10.8. The molecule has 0 saturated carbocycles. The number of carbonyl (C=O) groups is 1. The summed E-state index contributed by atoms with van der Waals surface area (Å²) in [5.74, 6) is 0.476. The molecule has 98 valence electrons. The lowest BCUT2D eigenvalue weighted by Gasteiger charge is -2.37. The number of nitrogens with zero attached hydrogens (tertiary/aromatic N) is 1. The molecular weight excluding hydrogens is 244 g/mol. The predicted octanol–water partition coefficient (Wildman–Crippen LogP) is 1.99. The fraction of sp³-hybridized carbons (Fsp3) is 0.643. The normalized spacial score (nSPS) is 27.9. The number of piperazine rings is 1. The third kappa shape index (κ3) is 2.08. The van der Waals surface area contributed by atoms with E-state index < -0.39 is 0 Å². The highest BCUT2D eigenvalue weighted by Crippen LogP contribution is 2.36. The Morgan fingerprint density at radius 1 is 1.56 bits per heavy atom. The van der Waals surface area contributed by atoms with Crippen molar-refractivity contribution < 1.29 is 4.79 Å². The summed E-state index contributed by atoms with van der Waals surface area (Å²) in [6.45, 7) is 4.85. The Morgan fingerprint density at radius 2 is 2.44 bits per heavy atom. The summed E-state index contributed by atoms with van der Waals surface area (Å²) in [6.07, 6.45) is 3.34. The first kappa shape index (κ1) is 12.2. The molecule has 0 spiro atoms. The van der Waals surface area contributed by atoms with Crippen molar-refractivity contribution in [1.82, 2.24) is 10.2 Å². The molecule has 0 aromatic carbocycles. The Kier molecular flexibility index (Phi) is 3.39. The van der Waals surface area contributed by atoms with Crippen molar-refractivity contribution >= 4 is 17.2 Å². The van der Waals surface area contributed by atoms with E-state index in [4.69, 9.17) is 0 Å². The number of hydrogen-bond donors (Lipinski definition) is 1. The van der Waals surface area contributed by atoms with E-state index in [0.29, 0.717) is 11.9 Å². The topological polar surface area (TPSA) is 32.3 Å². The molecule has 18 heavy (non-hydrogen) atoms. The van der Waals surface area contributed by atoms with Crippen molar-refractivity contribution in [3.63, 3.8) is 0 Å². The molecule has 1 aliphatic heterocycles. The molecule has 0 radical (unpaired) electrons. The maximum absolute atomic E-state index is 12.7. The molecule has 1 fully saturated rings. The summed E-state index contributed by atoms with van der Waals surface area (Å²) in [4.78, 5) is 16.2. The standard InChI is InChI=1S/C14H20N2OS/c1-10-9-15-6-7-16(10)14(17)12-3-2-4-13-11(12)5-8-18-13/h5,8,10,12,15H,2-4,6-7,9H2,1H3/t10-,12?/m0/s1. The number of carbonyl (C=O) groups excluding carboxylic acids is 1. The maximum Gasteiger partial charge on any atom is 0.230 e. The van der Waals surface area contributed by atoms with E-state index in [9.17, 15) is 4.79 Å². The molecule has 2 heterocycles. The van der Waals surface area contributed by atoms with Crippen molar-refractivity contribution in [2.24, 2.45) is 0 Å². The Bertz CT molecular complexity index is 443. The highest BCUT2D eigenvalue weighted by molar-refractivity contribution is 7.10. The third-order valence-electron chi connectivity index (χ3n) is 4.13. The first-order valence-electron chi connectivity index (χ1n) is 6.85. The van der Waals surface area contributed by atoms with Crippen LogP contribution in [0.1, 0.15) is 36.1 Å². The van der Waals surface area contributed by atoms with E-state index in [0.717, 1.165) is 38.9 Å². The van der Waals surface area contributed by atoms with E-state index in [1.54, 1.807) is 0 Å². The minimum absolute atomic E-state index is 0.126. The SMILES string of the molecule is C[C@H]1CNCCN1C(=O)C1CCCc2sccc21. The van der Waals surface area contributed by atoms with E-state index >= 15 is 0 Å². The van der Waals surface area contributed by atoms with Gasteiger partial charge in [0.25, 0.3) is 0 Å². The lowest BCUT2D eigenvalue weighted by Crippen LogP contribution is -2.53. The van der Waals surface area contributed by atoms with Gasteiger partial charge < -0.3 is 10.2 Å². The maximum atomic E-state index is 12.7. The second-order valence-corrected chi connectivity index (χ2v) is 6.33. The second-order valence-electron chi connectivity index (χ2n) is 5.33. The van der Waals surface area contributed by atoms with Gasteiger partial charge >= 0.3 is 0 Å². The molecule has 3 nitrogen and oxygen atoms in total. The molecule has 1 aromatic rings. The number of thiophene rings is 1. The van der Waals surface area contributed by atoms with Crippen LogP contribution in [0.3, 0.4) is 0 Å². The smallest absolute Gasteiger partial charge is 0.230 e. The Morgan fingerprint density at radius 3 is 3.28 bits per heavy atom. The summed E-state index contributed by atoms with van der Waals surface area (Å²) in [5.41, 5.74) is 1.31. The van der Waals surface area contributed by atoms with Gasteiger partial charge in [-0.1, -0.05) is 0 Å². The van der Waals surface area contributed by atoms with Crippen LogP contribution < -0.4 is 5.32 Å². The van der Waals surface area contributed by atoms with Gasteiger partial charge in [-0.15, -0.1) is 11.3 Å². The molecule has 0 bridgehead atoms. The van der Waals surface area contributed by atoms with Crippen LogP contribution in [-0.4, -0.2) is 36.5 Å². The van der Waals surface area contributed by atoms with Crippen LogP contribution in [0.2, 0.25) is 0 Å². The van der Waals surface area contributed by atoms with Gasteiger partial charge in [-0.2, -0.15) is 0 Å². The number of rotatable bonds is 1. The van der Waals surface area contributed by atoms with Crippen molar-refractivity contribution in [2.45, 2.75) is 38.1 Å². The first-order valence-corrected chi connectivity index (χ1v) is 7.73. The van der Waals surface area contributed by atoms with Crippen LogP contribution in [0.15, 0.2) is 11.4 Å². The molecule has 1 saturated heterocycles. The fourth-order valence-corrected chi connectivity index (χ4v) is 4.10. The number of nitrogens with one attached hydrogen (secondary N) is 1. The van der Waals surface area contributed by atoms with E-state index in [2.05, 4.69) is 28.6 Å². The number of amides is 1. The molecular formula is C14H20N2OS. The highest BCUT2D eigenvalue weighted by Gasteiger charge is 2.33. The van der Waals surface area contributed by atoms with Crippen LogP contribution in [0.5, 0.6) is 0 Å². The molecule has 4 heteroatoms. The van der Waals surface area contributed by atoms with Gasteiger partial charge in [-0.05, 0) is 43.2 Å². The van der Waals surface area contributed by atoms with Crippen molar-refractivity contribution in [3.05, 3.63) is 21.9 Å². The lowest BCUT2D eigenvalue weighted by molar-refractivity contribution is -0.136. The molecule has 1 aromatic heterocycles. The van der Waals surface area contributed by atoms with Crippen LogP contribution in [0, 0.1) is 0 Å². The van der Waals surface area contributed by atoms with Crippen LogP contribution >= 0.6 is 11.3 Å². The lowest BCUT2D eigenvalue weighted by atomic mass is 9.86. The minimum Gasteiger partial charge on any atom is -0.337 e. The first-order chi connectivity index (χ1) is 8.77. The van der Waals surface area contributed by atoms with Crippen LogP contribution in [0.25, 0.3) is 0 Å². The highest BCUT2D eigenvalue weighted by atomic mass is 32.1. The van der Waals surface area contributed by atoms with Crippen molar-refractivity contribution in [1.29, 1.82) is 0 Å². The number of hydrogen-bond acceptors (Lipinski definition) is 3. The van der Waals surface area contributed by atoms with Gasteiger partial charge in [0, 0.05) is 30.6 Å². The molecule has 1 N–H and O–H groups in total. The van der Waals surface area contributed by atoms with Crippen molar-refractivity contribution in [2.75, 3.05) is 19.6 Å². The Hall–Kier alpha value is -0.870. The van der Waals surface area contributed by atoms with Gasteiger partial charge in [0.2, 0.25) is 5.91 Å². The second kappa shape index (κ2) is 5.02. The summed E-state index contributed by atoms with van der Waals surface area (Å²) in [6, 6.07) is 2.49. The Balaban J connectivity index is 1.81. The van der Waals surface area contributed by atoms with E-state index in [1.807, 2.05) is 11.3 Å². The summed E-state index contributed by atoms with van der Waals surface area (Å²) in [5, 5.41) is 5.48. The van der Waals surface area contributed by atoms with Gasteiger partial charge in [0.15, 0.2) is 0 Å². The predicted molar refractivity (Wildman–Crippen MR) is 74.0 cm³/mol. The molecule has 2 atom stereocenters. The molecule has 1 aliphatic carbocycles. The quantitative estimate of drug-likeness (QED) is 0.841. The van der Waals surface area contributed by atoms with Gasteiger partial charge in [0.05, 0.1) is 5.92 Å². The molecule has 3 rings (SSSR count). The van der Waals surface area contributed by atoms with Crippen LogP contribution in [-0.2, 0) is 11.2 Å². The summed E-state index contributed by atoms with van der Waals surface area (Å²) >= 11 is 1.81. The molecule has 1 amide bonds.